The van der Waals surface area contributed by atoms with E-state index in [9.17, 15) is 0 Å². The monoisotopic (exact) mass is 431 g/mol. The molecule has 1 saturated heterocycles. The molecule has 10 nitrogen and oxygen atoms in total. The van der Waals surface area contributed by atoms with Crippen molar-refractivity contribution in [3.8, 4) is 45.6 Å². The van der Waals surface area contributed by atoms with Crippen molar-refractivity contribution in [2.45, 2.75) is 0 Å². The van der Waals surface area contributed by atoms with E-state index in [-0.39, 0.29) is 6.79 Å². The van der Waals surface area contributed by atoms with Crippen molar-refractivity contribution >= 4 is 5.82 Å². The van der Waals surface area contributed by atoms with E-state index >= 15 is 0 Å². The SMILES string of the molecule is CN1CCN(c2cc(-c3noc(-c4cn[nH]c4-c4ccc5c(c4)OCO5)n3)ccn2)CC1. The summed E-state index contributed by atoms with van der Waals surface area (Å²) in [6.45, 7) is 4.14. The molecule has 0 amide bonds. The highest BCUT2D eigenvalue weighted by molar-refractivity contribution is 5.78. The van der Waals surface area contributed by atoms with Crippen molar-refractivity contribution in [3.05, 3.63) is 42.7 Å². The fourth-order valence-corrected chi connectivity index (χ4v) is 3.94. The number of hydrogen-bond acceptors (Lipinski definition) is 9. The Hall–Kier alpha value is -3.92. The summed E-state index contributed by atoms with van der Waals surface area (Å²) in [6, 6.07) is 9.61. The third-order valence-corrected chi connectivity index (χ3v) is 5.79. The normalized spacial score (nSPS) is 16.0. The third kappa shape index (κ3) is 3.34. The van der Waals surface area contributed by atoms with E-state index in [0.717, 1.165) is 60.1 Å². The fourth-order valence-electron chi connectivity index (χ4n) is 3.94. The van der Waals surface area contributed by atoms with Gasteiger partial charge in [0, 0.05) is 43.5 Å². The first-order valence-corrected chi connectivity index (χ1v) is 10.4. The summed E-state index contributed by atoms with van der Waals surface area (Å²) < 4.78 is 16.5. The lowest BCUT2D eigenvalue weighted by molar-refractivity contribution is 0.174. The first-order valence-electron chi connectivity index (χ1n) is 10.4. The molecule has 0 spiro atoms. The lowest BCUT2D eigenvalue weighted by Gasteiger charge is -2.33. The van der Waals surface area contributed by atoms with E-state index in [4.69, 9.17) is 14.0 Å². The number of nitrogens with zero attached hydrogens (tertiary/aromatic N) is 6. The molecule has 0 radical (unpaired) electrons. The van der Waals surface area contributed by atoms with Gasteiger partial charge in [-0.2, -0.15) is 10.1 Å². The summed E-state index contributed by atoms with van der Waals surface area (Å²) in [5.41, 5.74) is 3.24. The summed E-state index contributed by atoms with van der Waals surface area (Å²) in [4.78, 5) is 13.8. The topological polar surface area (TPSA) is 105 Å². The summed E-state index contributed by atoms with van der Waals surface area (Å²) >= 11 is 0. The molecule has 2 aliphatic rings. The van der Waals surface area contributed by atoms with Gasteiger partial charge < -0.3 is 23.8 Å². The molecule has 1 N–H and O–H groups in total. The summed E-state index contributed by atoms with van der Waals surface area (Å²) in [7, 11) is 2.13. The largest absolute Gasteiger partial charge is 0.454 e. The Labute approximate surface area is 183 Å². The lowest BCUT2D eigenvalue weighted by atomic mass is 10.1. The number of rotatable bonds is 4. The lowest BCUT2D eigenvalue weighted by Crippen LogP contribution is -2.44. The van der Waals surface area contributed by atoms with Crippen LogP contribution in [0.15, 0.2) is 47.2 Å². The Kier molecular flexibility index (Phi) is 4.50. The molecular weight excluding hydrogens is 410 g/mol. The number of benzene rings is 1. The number of fused-ring (bicyclic) bond motifs is 1. The van der Waals surface area contributed by atoms with Gasteiger partial charge in [-0.05, 0) is 37.4 Å². The first kappa shape index (κ1) is 18.8. The quantitative estimate of drug-likeness (QED) is 0.522. The van der Waals surface area contributed by atoms with Gasteiger partial charge in [0.05, 0.1) is 17.5 Å². The van der Waals surface area contributed by atoms with Gasteiger partial charge in [-0.25, -0.2) is 4.98 Å². The Morgan fingerprint density at radius 3 is 2.75 bits per heavy atom. The second-order valence-corrected chi connectivity index (χ2v) is 7.84. The highest BCUT2D eigenvalue weighted by atomic mass is 16.7. The molecular formula is C22H21N7O3. The highest BCUT2D eigenvalue weighted by Gasteiger charge is 2.21. The molecule has 6 rings (SSSR count). The van der Waals surface area contributed by atoms with Crippen LogP contribution in [0.25, 0.3) is 34.1 Å². The maximum Gasteiger partial charge on any atom is 0.262 e. The average molecular weight is 431 g/mol. The summed E-state index contributed by atoms with van der Waals surface area (Å²) in [5, 5.41) is 11.4. The van der Waals surface area contributed by atoms with E-state index < -0.39 is 0 Å². The molecule has 162 valence electrons. The number of nitrogens with one attached hydrogen (secondary N) is 1. The first-order chi connectivity index (χ1) is 15.7. The highest BCUT2D eigenvalue weighted by Crippen LogP contribution is 2.38. The molecule has 1 aromatic carbocycles. The maximum absolute atomic E-state index is 5.60. The number of piperazine rings is 1. The predicted molar refractivity (Wildman–Crippen MR) is 116 cm³/mol. The number of ether oxygens (including phenoxy) is 2. The van der Waals surface area contributed by atoms with Crippen LogP contribution in [0.4, 0.5) is 5.82 Å². The van der Waals surface area contributed by atoms with Crippen LogP contribution in [0.2, 0.25) is 0 Å². The van der Waals surface area contributed by atoms with Crippen molar-refractivity contribution in [1.82, 2.24) is 30.2 Å². The van der Waals surface area contributed by atoms with E-state index in [2.05, 4.69) is 42.2 Å². The molecule has 0 atom stereocenters. The molecule has 5 heterocycles. The second-order valence-electron chi connectivity index (χ2n) is 7.84. The van der Waals surface area contributed by atoms with Gasteiger partial charge in [0.2, 0.25) is 12.6 Å². The van der Waals surface area contributed by atoms with Crippen molar-refractivity contribution in [2.24, 2.45) is 0 Å². The zero-order valence-electron chi connectivity index (χ0n) is 17.5. The Balaban J connectivity index is 1.29. The van der Waals surface area contributed by atoms with Crippen LogP contribution in [-0.2, 0) is 0 Å². The molecule has 2 aliphatic heterocycles. The van der Waals surface area contributed by atoms with E-state index in [1.807, 2.05) is 30.3 Å². The minimum Gasteiger partial charge on any atom is -0.454 e. The molecule has 10 heteroatoms. The smallest absolute Gasteiger partial charge is 0.262 e. The number of H-pyrrole nitrogens is 1. The van der Waals surface area contributed by atoms with Crippen LogP contribution in [0.5, 0.6) is 11.5 Å². The van der Waals surface area contributed by atoms with E-state index in [1.165, 1.54) is 0 Å². The fraction of sp³-hybridized carbons (Fsp3) is 0.273. The van der Waals surface area contributed by atoms with Crippen LogP contribution >= 0.6 is 0 Å². The predicted octanol–water partition coefficient (Wildman–Crippen LogP) is 2.67. The molecule has 0 aliphatic carbocycles. The molecule has 0 bridgehead atoms. The van der Waals surface area contributed by atoms with Gasteiger partial charge in [-0.3, -0.25) is 5.10 Å². The molecule has 4 aromatic rings. The van der Waals surface area contributed by atoms with Crippen molar-refractivity contribution in [2.75, 3.05) is 44.9 Å². The Morgan fingerprint density at radius 1 is 0.969 bits per heavy atom. The minimum absolute atomic E-state index is 0.226. The number of aromatic nitrogens is 5. The molecule has 3 aromatic heterocycles. The van der Waals surface area contributed by atoms with Crippen molar-refractivity contribution in [3.63, 3.8) is 0 Å². The van der Waals surface area contributed by atoms with Gasteiger partial charge in [0.1, 0.15) is 5.82 Å². The standard InChI is InChI=1S/C22H21N7O3/c1-28-6-8-29(9-7-28)19-11-15(4-5-23-19)21-25-22(32-27-21)16-12-24-26-20(16)14-2-3-17-18(10-14)31-13-30-17/h2-5,10-12H,6-9,13H2,1H3,(H,24,26). The van der Waals surface area contributed by atoms with Crippen LogP contribution in [0.3, 0.4) is 0 Å². The summed E-state index contributed by atoms with van der Waals surface area (Å²) in [6.07, 6.45) is 3.47. The minimum atomic E-state index is 0.226. The molecule has 32 heavy (non-hydrogen) atoms. The Bertz CT molecular complexity index is 1260. The van der Waals surface area contributed by atoms with Crippen LogP contribution in [-0.4, -0.2) is 70.2 Å². The van der Waals surface area contributed by atoms with Gasteiger partial charge in [0.25, 0.3) is 5.89 Å². The Morgan fingerprint density at radius 2 is 1.84 bits per heavy atom. The molecule has 0 unspecified atom stereocenters. The number of aromatic amines is 1. The second kappa shape index (κ2) is 7.65. The number of hydrogen-bond donors (Lipinski definition) is 1. The van der Waals surface area contributed by atoms with E-state index in [0.29, 0.717) is 17.5 Å². The number of anilines is 1. The van der Waals surface area contributed by atoms with Crippen molar-refractivity contribution < 1.29 is 14.0 Å². The van der Waals surface area contributed by atoms with Gasteiger partial charge >= 0.3 is 0 Å². The van der Waals surface area contributed by atoms with Crippen LogP contribution in [0, 0.1) is 0 Å². The average Bonchev–Trinajstić information content (AvgIpc) is 3.59. The van der Waals surface area contributed by atoms with E-state index in [1.54, 1.807) is 12.4 Å². The number of likely N-dealkylation sites (N-methyl/N-ethyl adjacent to an activating group) is 1. The third-order valence-electron chi connectivity index (χ3n) is 5.79. The van der Waals surface area contributed by atoms with Crippen LogP contribution in [0.1, 0.15) is 0 Å². The van der Waals surface area contributed by atoms with Crippen molar-refractivity contribution in [1.29, 1.82) is 0 Å². The summed E-state index contributed by atoms with van der Waals surface area (Å²) in [5.74, 6) is 3.24. The zero-order valence-corrected chi connectivity index (χ0v) is 17.5. The van der Waals surface area contributed by atoms with Gasteiger partial charge in [-0.1, -0.05) is 5.16 Å². The van der Waals surface area contributed by atoms with Gasteiger partial charge in [-0.15, -0.1) is 0 Å². The van der Waals surface area contributed by atoms with Crippen LogP contribution < -0.4 is 14.4 Å². The number of pyridine rings is 1. The zero-order chi connectivity index (χ0) is 21.5. The molecule has 0 saturated carbocycles. The maximum atomic E-state index is 5.60. The molecule has 1 fully saturated rings. The van der Waals surface area contributed by atoms with Gasteiger partial charge in [0.15, 0.2) is 11.5 Å².